The van der Waals surface area contributed by atoms with Crippen LogP contribution in [0.4, 0.5) is 5.69 Å². The number of anilines is 1. The van der Waals surface area contributed by atoms with E-state index < -0.39 is 0 Å². The summed E-state index contributed by atoms with van der Waals surface area (Å²) >= 11 is 0. The fraction of sp³-hybridized carbons (Fsp3) is 0.364. The monoisotopic (exact) mass is 350 g/mol. The second-order valence-corrected chi connectivity index (χ2v) is 6.99. The number of carbonyl (C=O) groups is 2. The van der Waals surface area contributed by atoms with E-state index in [1.165, 1.54) is 16.7 Å². The zero-order valence-electron chi connectivity index (χ0n) is 15.5. The normalized spacial score (nSPS) is 13.9. The van der Waals surface area contributed by atoms with Crippen LogP contribution >= 0.6 is 0 Å². The number of amides is 2. The highest BCUT2D eigenvalue weighted by Gasteiger charge is 2.22. The predicted molar refractivity (Wildman–Crippen MR) is 105 cm³/mol. The number of hydrogen-bond acceptors (Lipinski definition) is 2. The van der Waals surface area contributed by atoms with Gasteiger partial charge >= 0.3 is 0 Å². The molecule has 1 N–H and O–H groups in total. The van der Waals surface area contributed by atoms with Crippen LogP contribution in [0.3, 0.4) is 0 Å². The van der Waals surface area contributed by atoms with Gasteiger partial charge in [-0.15, -0.1) is 0 Å². The van der Waals surface area contributed by atoms with E-state index in [9.17, 15) is 9.59 Å². The van der Waals surface area contributed by atoms with Gasteiger partial charge in [0.25, 0.3) is 5.91 Å². The zero-order valence-corrected chi connectivity index (χ0v) is 15.5. The Balaban J connectivity index is 1.53. The topological polar surface area (TPSA) is 49.4 Å². The molecular weight excluding hydrogens is 324 g/mol. The molecule has 1 saturated heterocycles. The van der Waals surface area contributed by atoms with Gasteiger partial charge in [0.2, 0.25) is 5.91 Å². The summed E-state index contributed by atoms with van der Waals surface area (Å²) in [6.45, 7) is 5.60. The van der Waals surface area contributed by atoms with Gasteiger partial charge in [-0.2, -0.15) is 0 Å². The molecule has 0 radical (unpaired) electrons. The van der Waals surface area contributed by atoms with Crippen LogP contribution in [0.5, 0.6) is 0 Å². The molecule has 0 bridgehead atoms. The first-order chi connectivity index (χ1) is 12.5. The van der Waals surface area contributed by atoms with Gasteiger partial charge in [0, 0.05) is 30.8 Å². The van der Waals surface area contributed by atoms with Crippen LogP contribution < -0.4 is 10.2 Å². The summed E-state index contributed by atoms with van der Waals surface area (Å²) in [4.78, 5) is 26.0. The third kappa shape index (κ3) is 4.31. The Labute approximate surface area is 155 Å². The minimum absolute atomic E-state index is 0.0841. The standard InChI is InChI=1S/C22H26N2O2/c1-16-10-11-18(17(2)14-16)7-4-12-23-22(26)19-6-3-8-20(15-19)24-13-5-9-21(24)25/h3,6,8,10-11,14-15H,4-5,7,9,12-13H2,1-2H3,(H,23,26). The third-order valence-electron chi connectivity index (χ3n) is 4.90. The van der Waals surface area contributed by atoms with Crippen LogP contribution in [0.1, 0.15) is 46.3 Å². The maximum Gasteiger partial charge on any atom is 0.251 e. The molecule has 136 valence electrons. The van der Waals surface area contributed by atoms with E-state index in [4.69, 9.17) is 0 Å². The summed E-state index contributed by atoms with van der Waals surface area (Å²) < 4.78 is 0. The molecule has 0 atom stereocenters. The molecule has 1 aliphatic heterocycles. The molecule has 4 heteroatoms. The summed E-state index contributed by atoms with van der Waals surface area (Å²) in [7, 11) is 0. The minimum Gasteiger partial charge on any atom is -0.352 e. The number of carbonyl (C=O) groups excluding carboxylic acids is 2. The quantitative estimate of drug-likeness (QED) is 0.806. The molecule has 1 heterocycles. The van der Waals surface area contributed by atoms with Crippen molar-refractivity contribution < 1.29 is 9.59 Å². The van der Waals surface area contributed by atoms with Gasteiger partial charge in [-0.05, 0) is 62.4 Å². The largest absolute Gasteiger partial charge is 0.352 e. The van der Waals surface area contributed by atoms with Crippen molar-refractivity contribution in [2.45, 2.75) is 39.5 Å². The average molecular weight is 350 g/mol. The van der Waals surface area contributed by atoms with Crippen molar-refractivity contribution in [3.8, 4) is 0 Å². The molecule has 2 aromatic rings. The highest BCUT2D eigenvalue weighted by molar-refractivity contribution is 5.99. The first kappa shape index (κ1) is 18.2. The van der Waals surface area contributed by atoms with E-state index in [0.29, 0.717) is 18.5 Å². The lowest BCUT2D eigenvalue weighted by Crippen LogP contribution is -2.26. The Kier molecular flexibility index (Phi) is 5.71. The molecule has 2 aromatic carbocycles. The molecule has 26 heavy (non-hydrogen) atoms. The van der Waals surface area contributed by atoms with Crippen LogP contribution in [-0.2, 0) is 11.2 Å². The van der Waals surface area contributed by atoms with E-state index in [0.717, 1.165) is 31.5 Å². The summed E-state index contributed by atoms with van der Waals surface area (Å²) in [6.07, 6.45) is 3.33. The summed E-state index contributed by atoms with van der Waals surface area (Å²) in [5.41, 5.74) is 5.33. The second-order valence-electron chi connectivity index (χ2n) is 6.99. The molecule has 0 aromatic heterocycles. The van der Waals surface area contributed by atoms with E-state index in [1.54, 1.807) is 11.0 Å². The number of rotatable bonds is 6. The van der Waals surface area contributed by atoms with Crippen molar-refractivity contribution in [2.24, 2.45) is 0 Å². The second kappa shape index (κ2) is 8.17. The zero-order chi connectivity index (χ0) is 18.5. The van der Waals surface area contributed by atoms with Crippen molar-refractivity contribution >= 4 is 17.5 Å². The van der Waals surface area contributed by atoms with Crippen molar-refractivity contribution in [3.63, 3.8) is 0 Å². The Bertz CT molecular complexity index is 814. The SMILES string of the molecule is Cc1ccc(CCCNC(=O)c2cccc(N3CCCC3=O)c2)c(C)c1. The lowest BCUT2D eigenvalue weighted by molar-refractivity contribution is -0.117. The summed E-state index contributed by atoms with van der Waals surface area (Å²) in [6, 6.07) is 13.8. The lowest BCUT2D eigenvalue weighted by Gasteiger charge is -2.16. The minimum atomic E-state index is -0.0841. The van der Waals surface area contributed by atoms with Crippen LogP contribution in [0.2, 0.25) is 0 Å². The molecule has 3 rings (SSSR count). The fourth-order valence-corrected chi connectivity index (χ4v) is 3.45. The highest BCUT2D eigenvalue weighted by atomic mass is 16.2. The maximum atomic E-state index is 12.4. The van der Waals surface area contributed by atoms with Gasteiger partial charge in [-0.25, -0.2) is 0 Å². The van der Waals surface area contributed by atoms with E-state index in [2.05, 4.69) is 37.4 Å². The van der Waals surface area contributed by atoms with E-state index in [1.807, 2.05) is 18.2 Å². The molecule has 1 aliphatic rings. The van der Waals surface area contributed by atoms with E-state index >= 15 is 0 Å². The van der Waals surface area contributed by atoms with Gasteiger partial charge in [-0.1, -0.05) is 29.8 Å². The number of benzene rings is 2. The Morgan fingerprint density at radius 1 is 1.15 bits per heavy atom. The Morgan fingerprint density at radius 3 is 2.73 bits per heavy atom. The fourth-order valence-electron chi connectivity index (χ4n) is 3.45. The van der Waals surface area contributed by atoms with Gasteiger partial charge in [0.05, 0.1) is 0 Å². The Morgan fingerprint density at radius 2 is 2.00 bits per heavy atom. The molecule has 0 unspecified atom stereocenters. The van der Waals surface area contributed by atoms with Gasteiger partial charge in [0.15, 0.2) is 0 Å². The average Bonchev–Trinajstić information content (AvgIpc) is 3.06. The molecule has 0 aliphatic carbocycles. The van der Waals surface area contributed by atoms with Crippen molar-refractivity contribution in [1.82, 2.24) is 5.32 Å². The first-order valence-corrected chi connectivity index (χ1v) is 9.29. The lowest BCUT2D eigenvalue weighted by atomic mass is 10.0. The molecule has 2 amide bonds. The number of hydrogen-bond donors (Lipinski definition) is 1. The number of nitrogens with zero attached hydrogens (tertiary/aromatic N) is 1. The van der Waals surface area contributed by atoms with Crippen LogP contribution in [0.25, 0.3) is 0 Å². The van der Waals surface area contributed by atoms with Crippen LogP contribution in [0, 0.1) is 13.8 Å². The molecular formula is C22H26N2O2. The van der Waals surface area contributed by atoms with Gasteiger partial charge in [0.1, 0.15) is 0 Å². The number of nitrogens with one attached hydrogen (secondary N) is 1. The van der Waals surface area contributed by atoms with Crippen molar-refractivity contribution in [3.05, 3.63) is 64.7 Å². The molecule has 1 fully saturated rings. The number of aryl methyl sites for hydroxylation is 3. The van der Waals surface area contributed by atoms with Crippen LogP contribution in [-0.4, -0.2) is 24.9 Å². The van der Waals surface area contributed by atoms with Gasteiger partial charge in [-0.3, -0.25) is 9.59 Å². The smallest absolute Gasteiger partial charge is 0.251 e. The highest BCUT2D eigenvalue weighted by Crippen LogP contribution is 2.22. The first-order valence-electron chi connectivity index (χ1n) is 9.29. The Hall–Kier alpha value is -2.62. The van der Waals surface area contributed by atoms with Gasteiger partial charge < -0.3 is 10.2 Å². The van der Waals surface area contributed by atoms with Crippen LogP contribution in [0.15, 0.2) is 42.5 Å². The summed E-state index contributed by atoms with van der Waals surface area (Å²) in [5.74, 6) is 0.0511. The van der Waals surface area contributed by atoms with E-state index in [-0.39, 0.29) is 11.8 Å². The maximum absolute atomic E-state index is 12.4. The summed E-state index contributed by atoms with van der Waals surface area (Å²) in [5, 5.41) is 2.99. The molecule has 0 spiro atoms. The van der Waals surface area contributed by atoms with Crippen molar-refractivity contribution in [2.75, 3.05) is 18.0 Å². The molecule has 4 nitrogen and oxygen atoms in total. The third-order valence-corrected chi connectivity index (χ3v) is 4.90. The molecule has 0 saturated carbocycles. The predicted octanol–water partition coefficient (Wildman–Crippen LogP) is 3.79. The van der Waals surface area contributed by atoms with Crippen molar-refractivity contribution in [1.29, 1.82) is 0 Å².